The number of benzene rings is 2. The third-order valence-electron chi connectivity index (χ3n) is 3.92. The van der Waals surface area contributed by atoms with Crippen molar-refractivity contribution in [2.45, 2.75) is 27.7 Å². The predicted molar refractivity (Wildman–Crippen MR) is 97.7 cm³/mol. The fourth-order valence-corrected chi connectivity index (χ4v) is 2.43. The summed E-state index contributed by atoms with van der Waals surface area (Å²) in [5, 5.41) is 13.4. The molecule has 0 saturated carbocycles. The number of nitrogens with one attached hydrogen (secondary N) is 1. The zero-order chi connectivity index (χ0) is 17.7. The van der Waals surface area contributed by atoms with Crippen LogP contribution in [0.5, 0.6) is 5.75 Å². The maximum absolute atomic E-state index is 11.4. The highest BCUT2D eigenvalue weighted by Gasteiger charge is 2.09. The Morgan fingerprint density at radius 2 is 1.96 bits per heavy atom. The van der Waals surface area contributed by atoms with Crippen LogP contribution in [0.25, 0.3) is 6.08 Å². The molecule has 0 saturated heterocycles. The summed E-state index contributed by atoms with van der Waals surface area (Å²) in [7, 11) is 0. The van der Waals surface area contributed by atoms with Gasteiger partial charge in [0.25, 0.3) is 0 Å². The minimum atomic E-state index is -0.350. The SMILES string of the molecule is CCOC(=O)C=Cc1cccc(Nc2cc(C)c(O)c(C)c2C)c1. The Labute approximate surface area is 142 Å². The summed E-state index contributed by atoms with van der Waals surface area (Å²) in [5.41, 5.74) is 5.47. The maximum Gasteiger partial charge on any atom is 0.330 e. The van der Waals surface area contributed by atoms with Crippen LogP contribution in [0.1, 0.15) is 29.2 Å². The molecule has 0 bridgehead atoms. The molecule has 0 fully saturated rings. The second-order valence-corrected chi connectivity index (χ2v) is 5.68. The van der Waals surface area contributed by atoms with Gasteiger partial charge in [-0.05, 0) is 74.2 Å². The molecule has 4 heteroatoms. The van der Waals surface area contributed by atoms with Crippen LogP contribution >= 0.6 is 0 Å². The standard InChI is InChI=1S/C20H23NO3/c1-5-24-19(22)10-9-16-7-6-8-17(12-16)21-18-11-13(2)20(23)15(4)14(18)3/h6-12,21,23H,5H2,1-4H3. The third-order valence-corrected chi connectivity index (χ3v) is 3.92. The second-order valence-electron chi connectivity index (χ2n) is 5.68. The molecular weight excluding hydrogens is 302 g/mol. The van der Waals surface area contributed by atoms with Crippen molar-refractivity contribution in [3.05, 3.63) is 58.7 Å². The van der Waals surface area contributed by atoms with Crippen LogP contribution in [0.15, 0.2) is 36.4 Å². The molecule has 0 atom stereocenters. The van der Waals surface area contributed by atoms with E-state index in [0.29, 0.717) is 12.4 Å². The molecule has 126 valence electrons. The average molecular weight is 325 g/mol. The molecule has 0 aliphatic carbocycles. The van der Waals surface area contributed by atoms with E-state index < -0.39 is 0 Å². The van der Waals surface area contributed by atoms with E-state index in [4.69, 9.17) is 4.74 Å². The molecule has 2 N–H and O–H groups in total. The average Bonchev–Trinajstić information content (AvgIpc) is 2.56. The van der Waals surface area contributed by atoms with Crippen LogP contribution in [0.2, 0.25) is 0 Å². The molecule has 24 heavy (non-hydrogen) atoms. The lowest BCUT2D eigenvalue weighted by Gasteiger charge is -2.15. The van der Waals surface area contributed by atoms with E-state index >= 15 is 0 Å². The van der Waals surface area contributed by atoms with E-state index in [1.165, 1.54) is 6.08 Å². The first kappa shape index (κ1) is 17.6. The summed E-state index contributed by atoms with van der Waals surface area (Å²) < 4.78 is 4.88. The molecule has 0 unspecified atom stereocenters. The predicted octanol–water partition coefficient (Wildman–Crippen LogP) is 4.64. The number of aromatic hydroxyl groups is 1. The highest BCUT2D eigenvalue weighted by Crippen LogP contribution is 2.32. The van der Waals surface area contributed by atoms with Gasteiger partial charge in [-0.3, -0.25) is 0 Å². The van der Waals surface area contributed by atoms with Crippen LogP contribution in [0.3, 0.4) is 0 Å². The fourth-order valence-electron chi connectivity index (χ4n) is 2.43. The Morgan fingerprint density at radius 3 is 2.67 bits per heavy atom. The molecule has 0 spiro atoms. The summed E-state index contributed by atoms with van der Waals surface area (Å²) in [6.07, 6.45) is 3.14. The summed E-state index contributed by atoms with van der Waals surface area (Å²) in [6.45, 7) is 7.90. The molecule has 4 nitrogen and oxygen atoms in total. The van der Waals surface area contributed by atoms with E-state index in [1.807, 2.05) is 51.1 Å². The lowest BCUT2D eigenvalue weighted by molar-refractivity contribution is -0.137. The van der Waals surface area contributed by atoms with Crippen molar-refractivity contribution in [2.75, 3.05) is 11.9 Å². The van der Waals surface area contributed by atoms with Gasteiger partial charge in [0, 0.05) is 17.5 Å². The molecule has 0 radical (unpaired) electrons. The number of aryl methyl sites for hydroxylation is 1. The molecule has 2 aromatic carbocycles. The van der Waals surface area contributed by atoms with Gasteiger partial charge in [0.05, 0.1) is 6.61 Å². The number of anilines is 2. The van der Waals surface area contributed by atoms with Gasteiger partial charge < -0.3 is 15.2 Å². The zero-order valence-corrected chi connectivity index (χ0v) is 14.5. The van der Waals surface area contributed by atoms with E-state index in [1.54, 1.807) is 13.0 Å². The Morgan fingerprint density at radius 1 is 1.21 bits per heavy atom. The number of esters is 1. The van der Waals surface area contributed by atoms with E-state index in [-0.39, 0.29) is 5.97 Å². The van der Waals surface area contributed by atoms with Crippen LogP contribution in [0, 0.1) is 20.8 Å². The molecule has 0 aliphatic heterocycles. The van der Waals surface area contributed by atoms with Gasteiger partial charge in [-0.25, -0.2) is 4.79 Å². The first-order valence-corrected chi connectivity index (χ1v) is 7.94. The van der Waals surface area contributed by atoms with Crippen molar-refractivity contribution in [1.82, 2.24) is 0 Å². The number of carbonyl (C=O) groups excluding carboxylic acids is 1. The van der Waals surface area contributed by atoms with Gasteiger partial charge in [0.2, 0.25) is 0 Å². The number of carbonyl (C=O) groups is 1. The zero-order valence-electron chi connectivity index (χ0n) is 14.5. The molecule has 0 aromatic heterocycles. The van der Waals surface area contributed by atoms with Gasteiger partial charge in [-0.2, -0.15) is 0 Å². The molecule has 0 aliphatic rings. The highest BCUT2D eigenvalue weighted by molar-refractivity contribution is 5.87. The van der Waals surface area contributed by atoms with Gasteiger partial charge in [0.15, 0.2) is 0 Å². The minimum Gasteiger partial charge on any atom is -0.507 e. The van der Waals surface area contributed by atoms with E-state index in [0.717, 1.165) is 33.6 Å². The van der Waals surface area contributed by atoms with Gasteiger partial charge >= 0.3 is 5.97 Å². The number of rotatable bonds is 5. The molecule has 0 heterocycles. The van der Waals surface area contributed by atoms with E-state index in [2.05, 4.69) is 5.32 Å². The maximum atomic E-state index is 11.4. The summed E-state index contributed by atoms with van der Waals surface area (Å²) in [6, 6.07) is 9.67. The van der Waals surface area contributed by atoms with Gasteiger partial charge in [-0.1, -0.05) is 12.1 Å². The quantitative estimate of drug-likeness (QED) is 0.478. The molecule has 2 rings (SSSR count). The van der Waals surface area contributed by atoms with Crippen molar-refractivity contribution >= 4 is 23.4 Å². The van der Waals surface area contributed by atoms with Crippen LogP contribution < -0.4 is 5.32 Å². The van der Waals surface area contributed by atoms with Gasteiger partial charge in [-0.15, -0.1) is 0 Å². The van der Waals surface area contributed by atoms with Crippen molar-refractivity contribution in [1.29, 1.82) is 0 Å². The lowest BCUT2D eigenvalue weighted by atomic mass is 10.0. The smallest absolute Gasteiger partial charge is 0.330 e. The summed E-state index contributed by atoms with van der Waals surface area (Å²) >= 11 is 0. The number of hydrogen-bond acceptors (Lipinski definition) is 4. The number of phenolic OH excluding ortho intramolecular Hbond substituents is 1. The first-order chi connectivity index (χ1) is 11.4. The summed E-state index contributed by atoms with van der Waals surface area (Å²) in [4.78, 5) is 11.4. The Kier molecular flexibility index (Phi) is 5.64. The molecule has 0 amide bonds. The van der Waals surface area contributed by atoms with Crippen molar-refractivity contribution < 1.29 is 14.6 Å². The van der Waals surface area contributed by atoms with Crippen LogP contribution in [0.4, 0.5) is 11.4 Å². The van der Waals surface area contributed by atoms with Crippen molar-refractivity contribution in [3.63, 3.8) is 0 Å². The minimum absolute atomic E-state index is 0.337. The topological polar surface area (TPSA) is 58.6 Å². The third kappa shape index (κ3) is 4.16. The Hall–Kier alpha value is -2.75. The Bertz CT molecular complexity index is 779. The number of ether oxygens (including phenoxy) is 1. The van der Waals surface area contributed by atoms with E-state index in [9.17, 15) is 9.90 Å². The summed E-state index contributed by atoms with van der Waals surface area (Å²) in [5.74, 6) is -0.0133. The fraction of sp³-hybridized carbons (Fsp3) is 0.250. The van der Waals surface area contributed by atoms with Crippen LogP contribution in [-0.4, -0.2) is 17.7 Å². The highest BCUT2D eigenvalue weighted by atomic mass is 16.5. The van der Waals surface area contributed by atoms with Gasteiger partial charge in [0.1, 0.15) is 5.75 Å². The monoisotopic (exact) mass is 325 g/mol. The number of phenols is 1. The largest absolute Gasteiger partial charge is 0.507 e. The lowest BCUT2D eigenvalue weighted by Crippen LogP contribution is -1.99. The van der Waals surface area contributed by atoms with Crippen molar-refractivity contribution in [2.24, 2.45) is 0 Å². The van der Waals surface area contributed by atoms with Crippen molar-refractivity contribution in [3.8, 4) is 5.75 Å². The molecule has 2 aromatic rings. The van der Waals surface area contributed by atoms with Crippen LogP contribution in [-0.2, 0) is 9.53 Å². The first-order valence-electron chi connectivity index (χ1n) is 7.94. The number of hydrogen-bond donors (Lipinski definition) is 2. The normalized spacial score (nSPS) is 10.8. The Balaban J connectivity index is 2.23. The molecular formula is C20H23NO3. The second kappa shape index (κ2) is 7.68.